The van der Waals surface area contributed by atoms with Gasteiger partial charge in [0.1, 0.15) is 23.7 Å². The van der Waals surface area contributed by atoms with Crippen LogP contribution < -0.4 is 14.8 Å². The van der Waals surface area contributed by atoms with Crippen LogP contribution >= 0.6 is 11.3 Å². The lowest BCUT2D eigenvalue weighted by atomic mass is 10.1. The number of amides is 1. The van der Waals surface area contributed by atoms with Crippen LogP contribution in [0.4, 0.5) is 10.6 Å². The van der Waals surface area contributed by atoms with E-state index in [1.165, 1.54) is 12.1 Å². The third-order valence-corrected chi connectivity index (χ3v) is 6.29. The van der Waals surface area contributed by atoms with Crippen molar-refractivity contribution in [1.82, 2.24) is 4.98 Å². The van der Waals surface area contributed by atoms with Crippen molar-refractivity contribution in [3.05, 3.63) is 28.6 Å². The summed E-state index contributed by atoms with van der Waals surface area (Å²) in [5, 5.41) is 2.37. The molecule has 0 saturated carbocycles. The Morgan fingerprint density at radius 3 is 2.45 bits per heavy atom. The number of rotatable bonds is 4. The zero-order valence-electron chi connectivity index (χ0n) is 16.3. The minimum atomic E-state index is -3.69. The number of carbonyl (C=O) groups is 2. The highest BCUT2D eigenvalue weighted by molar-refractivity contribution is 7.92. The summed E-state index contributed by atoms with van der Waals surface area (Å²) in [5.41, 5.74) is -0.537. The summed E-state index contributed by atoms with van der Waals surface area (Å²) in [7, 11) is -3.69. The van der Waals surface area contributed by atoms with Crippen LogP contribution in [0.25, 0.3) is 0 Å². The van der Waals surface area contributed by atoms with Crippen LogP contribution in [0.5, 0.6) is 11.5 Å². The van der Waals surface area contributed by atoms with E-state index in [0.29, 0.717) is 36.0 Å². The number of aromatic nitrogens is 1. The highest BCUT2D eigenvalue weighted by Crippen LogP contribution is 2.34. The van der Waals surface area contributed by atoms with Crippen LogP contribution in [0, 0.1) is 0 Å². The van der Waals surface area contributed by atoms with E-state index in [9.17, 15) is 18.0 Å². The van der Waals surface area contributed by atoms with Gasteiger partial charge in [-0.05, 0) is 39.0 Å². The Labute approximate surface area is 171 Å². The smallest absolute Gasteiger partial charge is 0.413 e. The van der Waals surface area contributed by atoms with E-state index < -0.39 is 27.3 Å². The van der Waals surface area contributed by atoms with Crippen molar-refractivity contribution in [1.29, 1.82) is 0 Å². The molecule has 0 spiro atoms. The fraction of sp³-hybridized carbons (Fsp3) is 0.389. The minimum Gasteiger partial charge on any atom is -0.486 e. The summed E-state index contributed by atoms with van der Waals surface area (Å²) in [6, 6.07) is 4.64. The summed E-state index contributed by atoms with van der Waals surface area (Å²) >= 11 is 0.676. The van der Waals surface area contributed by atoms with Gasteiger partial charge in [-0.3, -0.25) is 10.1 Å². The summed E-state index contributed by atoms with van der Waals surface area (Å²) < 4.78 is 39.6. The minimum absolute atomic E-state index is 0.0343. The number of carbonyl (C=O) groups excluding carboxylic acids is 2. The average Bonchev–Trinajstić information content (AvgIpc) is 3.03. The van der Waals surface area contributed by atoms with Gasteiger partial charge in [-0.1, -0.05) is 11.3 Å². The van der Waals surface area contributed by atoms with Gasteiger partial charge in [0.25, 0.3) is 0 Å². The van der Waals surface area contributed by atoms with Crippen molar-refractivity contribution in [3.8, 4) is 11.5 Å². The molecular weight excluding hydrogens is 420 g/mol. The van der Waals surface area contributed by atoms with Gasteiger partial charge < -0.3 is 14.2 Å². The van der Waals surface area contributed by atoms with E-state index in [-0.39, 0.29) is 20.6 Å². The molecular formula is C18H20N2O7S2. The monoisotopic (exact) mass is 440 g/mol. The molecule has 1 N–H and O–H groups in total. The number of thiazole rings is 1. The maximum atomic E-state index is 13.0. The molecule has 0 fully saturated rings. The molecule has 156 valence electrons. The Kier molecular flexibility index (Phi) is 5.54. The SMILES string of the molecule is CC(C)(C)OC(=O)Nc1nc(S(C)(=O)=O)sc1C(=O)c1ccc2c(c1)OCCO2. The number of sulfone groups is 1. The maximum Gasteiger partial charge on any atom is 0.413 e. The van der Waals surface area contributed by atoms with Gasteiger partial charge in [-0.15, -0.1) is 0 Å². The normalized spacial score (nSPS) is 13.7. The molecule has 3 rings (SSSR count). The molecule has 2 heterocycles. The molecule has 1 aliphatic heterocycles. The van der Waals surface area contributed by atoms with E-state index in [2.05, 4.69) is 10.3 Å². The number of hydrogen-bond donors (Lipinski definition) is 1. The molecule has 0 saturated heterocycles. The second kappa shape index (κ2) is 7.64. The first-order valence-electron chi connectivity index (χ1n) is 8.59. The molecule has 1 aliphatic rings. The summed E-state index contributed by atoms with van der Waals surface area (Å²) in [6.45, 7) is 5.80. The van der Waals surface area contributed by atoms with E-state index >= 15 is 0 Å². The van der Waals surface area contributed by atoms with Gasteiger partial charge in [-0.25, -0.2) is 18.2 Å². The van der Waals surface area contributed by atoms with Crippen LogP contribution in [-0.2, 0) is 14.6 Å². The molecule has 1 amide bonds. The molecule has 0 unspecified atom stereocenters. The van der Waals surface area contributed by atoms with Crippen molar-refractivity contribution in [2.24, 2.45) is 0 Å². The van der Waals surface area contributed by atoms with Crippen LogP contribution in [0.2, 0.25) is 0 Å². The molecule has 0 atom stereocenters. The van der Waals surface area contributed by atoms with Gasteiger partial charge in [0.15, 0.2) is 17.3 Å². The molecule has 0 bridgehead atoms. The van der Waals surface area contributed by atoms with E-state index in [4.69, 9.17) is 14.2 Å². The summed E-state index contributed by atoms with van der Waals surface area (Å²) in [6.07, 6.45) is 0.126. The number of hydrogen-bond acceptors (Lipinski definition) is 9. The van der Waals surface area contributed by atoms with Gasteiger partial charge in [0.2, 0.25) is 20.0 Å². The molecule has 2 aromatic rings. The lowest BCUT2D eigenvalue weighted by Gasteiger charge is -2.19. The molecule has 11 heteroatoms. The summed E-state index contributed by atoms with van der Waals surface area (Å²) in [4.78, 5) is 29.1. The first-order chi connectivity index (χ1) is 13.4. The Hall–Kier alpha value is -2.66. The third-order valence-electron chi connectivity index (χ3n) is 3.55. The van der Waals surface area contributed by atoms with Crippen molar-refractivity contribution < 1.29 is 32.2 Å². The Balaban J connectivity index is 1.97. The number of anilines is 1. The topological polar surface area (TPSA) is 121 Å². The van der Waals surface area contributed by atoms with Crippen molar-refractivity contribution in [2.75, 3.05) is 24.8 Å². The lowest BCUT2D eigenvalue weighted by molar-refractivity contribution is 0.0635. The number of benzene rings is 1. The van der Waals surface area contributed by atoms with Crippen molar-refractivity contribution >= 4 is 38.9 Å². The Morgan fingerprint density at radius 2 is 1.83 bits per heavy atom. The maximum absolute atomic E-state index is 13.0. The third kappa shape index (κ3) is 5.04. The predicted molar refractivity (Wildman–Crippen MR) is 106 cm³/mol. The average molecular weight is 440 g/mol. The molecule has 29 heavy (non-hydrogen) atoms. The second-order valence-electron chi connectivity index (χ2n) is 7.24. The number of ether oxygens (including phenoxy) is 3. The van der Waals surface area contributed by atoms with Crippen LogP contribution in [0.15, 0.2) is 22.5 Å². The fourth-order valence-corrected chi connectivity index (χ4v) is 4.24. The molecule has 9 nitrogen and oxygen atoms in total. The van der Waals surface area contributed by atoms with Gasteiger partial charge in [0.05, 0.1) is 0 Å². The first-order valence-corrected chi connectivity index (χ1v) is 11.3. The molecule has 0 aliphatic carbocycles. The highest BCUT2D eigenvalue weighted by Gasteiger charge is 2.27. The molecule has 1 aromatic heterocycles. The Bertz CT molecular complexity index is 1070. The van der Waals surface area contributed by atoms with E-state index in [1.54, 1.807) is 26.8 Å². The lowest BCUT2D eigenvalue weighted by Crippen LogP contribution is -2.27. The number of fused-ring (bicyclic) bond motifs is 1. The standard InChI is InChI=1S/C18H20N2O7S2/c1-18(2,3)27-16(22)19-15-14(28-17(20-15)29(4,23)24)13(21)10-5-6-11-12(9-10)26-8-7-25-11/h5-6,9H,7-8H2,1-4H3,(H,19,22). The molecule has 0 radical (unpaired) electrons. The van der Waals surface area contributed by atoms with Crippen LogP contribution in [0.3, 0.4) is 0 Å². The van der Waals surface area contributed by atoms with E-state index in [1.807, 2.05) is 0 Å². The van der Waals surface area contributed by atoms with Crippen molar-refractivity contribution in [2.45, 2.75) is 30.7 Å². The van der Waals surface area contributed by atoms with Gasteiger partial charge >= 0.3 is 6.09 Å². The largest absolute Gasteiger partial charge is 0.486 e. The predicted octanol–water partition coefficient (Wildman–Crippen LogP) is 2.90. The summed E-state index contributed by atoms with van der Waals surface area (Å²) in [5.74, 6) is 0.239. The molecule has 1 aromatic carbocycles. The van der Waals surface area contributed by atoms with Gasteiger partial charge in [-0.2, -0.15) is 0 Å². The van der Waals surface area contributed by atoms with E-state index in [0.717, 1.165) is 6.26 Å². The fourth-order valence-electron chi connectivity index (χ4n) is 2.41. The van der Waals surface area contributed by atoms with Crippen LogP contribution in [-0.4, -0.2) is 50.3 Å². The van der Waals surface area contributed by atoms with Gasteiger partial charge in [0, 0.05) is 11.8 Å². The highest BCUT2D eigenvalue weighted by atomic mass is 32.2. The zero-order chi connectivity index (χ0) is 21.4. The number of ketones is 1. The Morgan fingerprint density at radius 1 is 1.17 bits per heavy atom. The quantitative estimate of drug-likeness (QED) is 0.721. The van der Waals surface area contributed by atoms with Crippen LogP contribution in [0.1, 0.15) is 36.0 Å². The zero-order valence-corrected chi connectivity index (χ0v) is 17.9. The first kappa shape index (κ1) is 21.1. The van der Waals surface area contributed by atoms with Crippen molar-refractivity contribution in [3.63, 3.8) is 0 Å². The number of nitrogens with zero attached hydrogens (tertiary/aromatic N) is 1. The number of nitrogens with one attached hydrogen (secondary N) is 1. The second-order valence-corrected chi connectivity index (χ2v) is 10.4.